The van der Waals surface area contributed by atoms with Crippen molar-refractivity contribution in [3.63, 3.8) is 0 Å². The van der Waals surface area contributed by atoms with Crippen molar-refractivity contribution in [3.8, 4) is 5.88 Å². The summed E-state index contributed by atoms with van der Waals surface area (Å²) in [6, 6.07) is 10.5. The van der Waals surface area contributed by atoms with Crippen LogP contribution in [0.15, 0.2) is 64.4 Å². The number of rotatable bonds is 8. The van der Waals surface area contributed by atoms with Crippen LogP contribution in [0, 0.1) is 10.1 Å². The molecule has 1 aliphatic rings. The van der Waals surface area contributed by atoms with Crippen molar-refractivity contribution in [1.82, 2.24) is 9.97 Å². The zero-order valence-electron chi connectivity index (χ0n) is 17.9. The lowest BCUT2D eigenvalue weighted by Gasteiger charge is -2.24. The van der Waals surface area contributed by atoms with E-state index in [2.05, 4.69) is 25.9 Å². The zero-order valence-corrected chi connectivity index (χ0v) is 20.3. The Kier molecular flexibility index (Phi) is 6.62. The molecule has 0 N–H and O–H groups in total. The van der Waals surface area contributed by atoms with E-state index in [0.717, 1.165) is 19.1 Å². The van der Waals surface area contributed by atoms with E-state index in [1.807, 2.05) is 0 Å². The van der Waals surface area contributed by atoms with Gasteiger partial charge in [-0.3, -0.25) is 14.9 Å². The Hall–Kier alpha value is -3.38. The number of ether oxygens (including phenoxy) is 1. The van der Waals surface area contributed by atoms with Gasteiger partial charge in [0.2, 0.25) is 5.88 Å². The lowest BCUT2D eigenvalue weighted by Crippen LogP contribution is -2.32. The van der Waals surface area contributed by atoms with E-state index in [0.29, 0.717) is 11.4 Å². The third-order valence-electron chi connectivity index (χ3n) is 4.98. The molecular weight excluding hydrogens is 528 g/mol. The van der Waals surface area contributed by atoms with Crippen molar-refractivity contribution in [3.05, 3.63) is 80.6 Å². The molecule has 0 atom stereocenters. The number of carbonyl (C=O) groups is 1. The van der Waals surface area contributed by atoms with E-state index in [1.165, 1.54) is 41.6 Å². The van der Waals surface area contributed by atoms with Gasteiger partial charge < -0.3 is 9.64 Å². The van der Waals surface area contributed by atoms with Gasteiger partial charge in [-0.05, 0) is 58.6 Å². The Bertz CT molecular complexity index is 1360. The van der Waals surface area contributed by atoms with Gasteiger partial charge >= 0.3 is 0 Å². The molecule has 2 aromatic heterocycles. The van der Waals surface area contributed by atoms with Crippen LogP contribution in [-0.4, -0.2) is 41.6 Å². The molecule has 1 aromatic carbocycles. The summed E-state index contributed by atoms with van der Waals surface area (Å²) < 4.78 is 30.7. The molecule has 1 amide bonds. The van der Waals surface area contributed by atoms with Crippen LogP contribution in [0.25, 0.3) is 0 Å². The molecule has 34 heavy (non-hydrogen) atoms. The minimum atomic E-state index is -3.78. The van der Waals surface area contributed by atoms with Gasteiger partial charge in [0.05, 0.1) is 27.2 Å². The number of anilines is 1. The summed E-state index contributed by atoms with van der Waals surface area (Å²) in [4.78, 5) is 33.7. The third-order valence-corrected chi connectivity index (χ3v) is 6.67. The molecule has 3 aromatic rings. The summed E-state index contributed by atoms with van der Waals surface area (Å²) in [5, 5.41) is 11.1. The summed E-state index contributed by atoms with van der Waals surface area (Å²) in [7, 11) is -3.78. The first-order valence-electron chi connectivity index (χ1n) is 10.2. The van der Waals surface area contributed by atoms with Gasteiger partial charge in [-0.2, -0.15) is 0 Å². The number of hydrogen-bond acceptors (Lipinski definition) is 8. The molecule has 1 saturated carbocycles. The van der Waals surface area contributed by atoms with Crippen molar-refractivity contribution in [2.75, 3.05) is 11.2 Å². The number of amides is 1. The molecule has 0 saturated heterocycles. The number of pyridine rings is 2. The topological polar surface area (TPSA) is 133 Å². The van der Waals surface area contributed by atoms with E-state index in [4.69, 9.17) is 4.74 Å². The normalized spacial score (nSPS) is 13.4. The Balaban J connectivity index is 1.75. The van der Waals surface area contributed by atoms with Gasteiger partial charge in [0, 0.05) is 30.8 Å². The van der Waals surface area contributed by atoms with Crippen LogP contribution in [-0.2, 0) is 16.4 Å². The molecule has 12 heteroatoms. The van der Waals surface area contributed by atoms with E-state index in [9.17, 15) is 23.3 Å². The minimum absolute atomic E-state index is 0.0545. The first-order valence-corrected chi connectivity index (χ1v) is 12.8. The van der Waals surface area contributed by atoms with Crippen LogP contribution in [0.4, 0.5) is 11.4 Å². The number of nitro groups is 1. The number of halogens is 1. The highest BCUT2D eigenvalue weighted by Crippen LogP contribution is 2.30. The van der Waals surface area contributed by atoms with Crippen LogP contribution < -0.4 is 9.64 Å². The second-order valence-electron chi connectivity index (χ2n) is 7.74. The highest BCUT2D eigenvalue weighted by Gasteiger charge is 2.27. The van der Waals surface area contributed by atoms with E-state index < -0.39 is 20.7 Å². The number of sulfone groups is 1. The van der Waals surface area contributed by atoms with Gasteiger partial charge in [0.1, 0.15) is 6.10 Å². The molecule has 1 aliphatic carbocycles. The summed E-state index contributed by atoms with van der Waals surface area (Å²) in [6.07, 6.45) is 5.74. The molecule has 0 unspecified atom stereocenters. The molecule has 0 bridgehead atoms. The average Bonchev–Trinajstić information content (AvgIpc) is 3.62. The number of carbonyl (C=O) groups excluding carboxylic acids is 1. The summed E-state index contributed by atoms with van der Waals surface area (Å²) in [6.45, 7) is -0.137. The van der Waals surface area contributed by atoms with Crippen LogP contribution in [0.3, 0.4) is 0 Å². The van der Waals surface area contributed by atoms with Crippen LogP contribution in [0.2, 0.25) is 0 Å². The molecule has 2 heterocycles. The van der Waals surface area contributed by atoms with Crippen molar-refractivity contribution in [2.45, 2.75) is 30.5 Å². The standard InChI is InChI=1S/C22H19BrN4O6S/c1-34(31,32)21-18(3-2-10-24-21)26(13-14-4-8-17(23)19(11-14)27(29)30)22(28)15-5-9-20(25-12-15)33-16-6-7-16/h2-5,8-12,16H,6-7,13H2,1H3. The maximum Gasteiger partial charge on any atom is 0.283 e. The maximum absolute atomic E-state index is 13.5. The molecular formula is C22H19BrN4O6S. The quantitative estimate of drug-likeness (QED) is 0.306. The number of nitro benzene ring substituents is 1. The molecule has 0 aliphatic heterocycles. The SMILES string of the molecule is CS(=O)(=O)c1ncccc1N(Cc1ccc(Br)c([N+](=O)[O-])c1)C(=O)c1ccc(OC2CC2)nc1. The predicted molar refractivity (Wildman–Crippen MR) is 127 cm³/mol. The Morgan fingerprint density at radius 1 is 1.24 bits per heavy atom. The van der Waals surface area contributed by atoms with Crippen molar-refractivity contribution in [2.24, 2.45) is 0 Å². The largest absolute Gasteiger partial charge is 0.474 e. The van der Waals surface area contributed by atoms with E-state index in [1.54, 1.807) is 18.2 Å². The van der Waals surface area contributed by atoms with Gasteiger partial charge in [-0.15, -0.1) is 0 Å². The molecule has 0 spiro atoms. The minimum Gasteiger partial charge on any atom is -0.474 e. The monoisotopic (exact) mass is 546 g/mol. The molecule has 10 nitrogen and oxygen atoms in total. The highest BCUT2D eigenvalue weighted by molar-refractivity contribution is 9.10. The third kappa shape index (κ3) is 5.39. The van der Waals surface area contributed by atoms with Crippen molar-refractivity contribution >= 4 is 43.0 Å². The molecule has 1 fully saturated rings. The van der Waals surface area contributed by atoms with Crippen LogP contribution >= 0.6 is 15.9 Å². The Morgan fingerprint density at radius 2 is 2.00 bits per heavy atom. The first-order chi connectivity index (χ1) is 16.1. The Labute approximate surface area is 203 Å². The number of nitrogens with zero attached hydrogens (tertiary/aromatic N) is 4. The summed E-state index contributed by atoms with van der Waals surface area (Å²) >= 11 is 3.14. The van der Waals surface area contributed by atoms with Gasteiger partial charge in [-0.1, -0.05) is 6.07 Å². The van der Waals surface area contributed by atoms with Gasteiger partial charge in [0.15, 0.2) is 14.9 Å². The lowest BCUT2D eigenvalue weighted by molar-refractivity contribution is -0.385. The van der Waals surface area contributed by atoms with Crippen LogP contribution in [0.5, 0.6) is 5.88 Å². The van der Waals surface area contributed by atoms with E-state index in [-0.39, 0.29) is 39.1 Å². The van der Waals surface area contributed by atoms with Crippen molar-refractivity contribution < 1.29 is 22.9 Å². The first kappa shape index (κ1) is 23.8. The van der Waals surface area contributed by atoms with Crippen LogP contribution in [0.1, 0.15) is 28.8 Å². The number of benzene rings is 1. The smallest absolute Gasteiger partial charge is 0.283 e. The summed E-state index contributed by atoms with van der Waals surface area (Å²) in [5.74, 6) is -0.152. The Morgan fingerprint density at radius 3 is 2.62 bits per heavy atom. The van der Waals surface area contributed by atoms with Gasteiger partial charge in [0.25, 0.3) is 11.6 Å². The fraction of sp³-hybridized carbons (Fsp3) is 0.227. The van der Waals surface area contributed by atoms with E-state index >= 15 is 0 Å². The highest BCUT2D eigenvalue weighted by atomic mass is 79.9. The number of aromatic nitrogens is 2. The van der Waals surface area contributed by atoms with Gasteiger partial charge in [-0.25, -0.2) is 18.4 Å². The summed E-state index contributed by atoms with van der Waals surface area (Å²) in [5.41, 5.74) is 0.493. The second kappa shape index (κ2) is 9.47. The second-order valence-corrected chi connectivity index (χ2v) is 10.5. The predicted octanol–water partition coefficient (Wildman–Crippen LogP) is 3.94. The molecule has 176 valence electrons. The zero-order chi connectivity index (χ0) is 24.5. The lowest BCUT2D eigenvalue weighted by atomic mass is 10.1. The molecule has 0 radical (unpaired) electrons. The van der Waals surface area contributed by atoms with Crippen molar-refractivity contribution in [1.29, 1.82) is 0 Å². The maximum atomic E-state index is 13.5. The fourth-order valence-corrected chi connectivity index (χ4v) is 4.41. The number of hydrogen-bond donors (Lipinski definition) is 0. The molecule has 4 rings (SSSR count). The fourth-order valence-electron chi connectivity index (χ4n) is 3.21. The average molecular weight is 547 g/mol.